The predicted octanol–water partition coefficient (Wildman–Crippen LogP) is 16.7. The second-order valence-electron chi connectivity index (χ2n) is 15.9. The summed E-state index contributed by atoms with van der Waals surface area (Å²) in [5.41, 5.74) is 9.29. The molecule has 13 rings (SSSR count). The molecule has 0 amide bonds. The van der Waals surface area contributed by atoms with Gasteiger partial charge in [-0.05, 0) is 122 Å². The molecule has 0 aliphatic heterocycles. The summed E-state index contributed by atoms with van der Waals surface area (Å²) in [5, 5.41) is 19.7. The lowest BCUT2D eigenvalue weighted by atomic mass is 9.85. The van der Waals surface area contributed by atoms with E-state index in [9.17, 15) is 0 Å². The summed E-state index contributed by atoms with van der Waals surface area (Å²) in [7, 11) is 0. The molecule has 0 spiro atoms. The Labute approximate surface area is 340 Å². The van der Waals surface area contributed by atoms with Crippen LogP contribution in [0.15, 0.2) is 211 Å². The van der Waals surface area contributed by atoms with Gasteiger partial charge in [0.1, 0.15) is 11.2 Å². The van der Waals surface area contributed by atoms with Gasteiger partial charge in [0.05, 0.1) is 0 Å². The highest BCUT2D eigenvalue weighted by Crippen LogP contribution is 2.46. The first-order valence-corrected chi connectivity index (χ1v) is 20.4. The topological polar surface area (TPSA) is 13.1 Å². The standard InChI is InChI=1S/C58H34O/c1-2-14-36(15-3-1)55-45-21-9-11-23-47(45)56(48-24-12-10-22-46(48)55)37-28-26-35(27-29-37)38-30-31-43-50(32-38)41-18-4-5-19-42(41)51-33-53-54(34-52(43)51)59-58-49-25-13-7-17-40(49)39-16-6-8-20-44(39)57(53)58/h1-34H. The van der Waals surface area contributed by atoms with Gasteiger partial charge >= 0.3 is 0 Å². The Morgan fingerprint density at radius 3 is 1.20 bits per heavy atom. The van der Waals surface area contributed by atoms with E-state index in [1.165, 1.54) is 109 Å². The summed E-state index contributed by atoms with van der Waals surface area (Å²) in [6.07, 6.45) is 0. The van der Waals surface area contributed by atoms with Crippen LogP contribution in [0, 0.1) is 0 Å². The molecule has 1 aromatic heterocycles. The SMILES string of the molecule is c1ccc(-c2c3ccccc3c(-c3ccc(-c4ccc5c(c4)c4ccccc4c4cc6c(cc54)oc4c5ccccc5c5ccccc5c64)cc3)c3ccccc23)cc1. The Morgan fingerprint density at radius 1 is 0.220 bits per heavy atom. The predicted molar refractivity (Wildman–Crippen MR) is 253 cm³/mol. The quantitative estimate of drug-likeness (QED) is 0.130. The average Bonchev–Trinajstić information content (AvgIpc) is 3.69. The molecule has 0 saturated carbocycles. The molecule has 12 aromatic carbocycles. The van der Waals surface area contributed by atoms with Crippen LogP contribution in [-0.4, -0.2) is 0 Å². The monoisotopic (exact) mass is 746 g/mol. The molecule has 59 heavy (non-hydrogen) atoms. The maximum atomic E-state index is 6.87. The summed E-state index contributed by atoms with van der Waals surface area (Å²) >= 11 is 0. The Morgan fingerprint density at radius 2 is 0.610 bits per heavy atom. The summed E-state index contributed by atoms with van der Waals surface area (Å²) in [6, 6.07) is 75.6. The summed E-state index contributed by atoms with van der Waals surface area (Å²) in [5.74, 6) is 0. The van der Waals surface area contributed by atoms with Crippen molar-refractivity contribution in [3.8, 4) is 33.4 Å². The van der Waals surface area contributed by atoms with Gasteiger partial charge < -0.3 is 4.42 Å². The van der Waals surface area contributed by atoms with Crippen LogP contribution in [-0.2, 0) is 0 Å². The van der Waals surface area contributed by atoms with E-state index in [0.29, 0.717) is 0 Å². The molecular formula is C58H34O. The number of rotatable bonds is 3. The van der Waals surface area contributed by atoms with Crippen LogP contribution in [0.3, 0.4) is 0 Å². The van der Waals surface area contributed by atoms with Gasteiger partial charge in [0.15, 0.2) is 0 Å². The van der Waals surface area contributed by atoms with Crippen molar-refractivity contribution in [3.05, 3.63) is 206 Å². The van der Waals surface area contributed by atoms with E-state index >= 15 is 0 Å². The van der Waals surface area contributed by atoms with E-state index in [2.05, 4.69) is 206 Å². The molecule has 0 atom stereocenters. The van der Waals surface area contributed by atoms with E-state index in [-0.39, 0.29) is 0 Å². The lowest BCUT2D eigenvalue weighted by Crippen LogP contribution is -1.90. The van der Waals surface area contributed by atoms with Crippen LogP contribution in [0.1, 0.15) is 0 Å². The Balaban J connectivity index is 0.994. The van der Waals surface area contributed by atoms with E-state index in [1.807, 2.05) is 0 Å². The lowest BCUT2D eigenvalue weighted by molar-refractivity contribution is 0.673. The van der Waals surface area contributed by atoms with Crippen LogP contribution in [0.5, 0.6) is 0 Å². The van der Waals surface area contributed by atoms with Crippen LogP contribution in [0.4, 0.5) is 0 Å². The number of furan rings is 1. The fourth-order valence-corrected chi connectivity index (χ4v) is 10.2. The van der Waals surface area contributed by atoms with Crippen molar-refractivity contribution in [3.63, 3.8) is 0 Å². The molecule has 0 aliphatic carbocycles. The molecule has 1 heteroatoms. The van der Waals surface area contributed by atoms with Crippen molar-refractivity contribution in [2.75, 3.05) is 0 Å². The Kier molecular flexibility index (Phi) is 6.79. The van der Waals surface area contributed by atoms with Crippen molar-refractivity contribution in [2.24, 2.45) is 0 Å². The second kappa shape index (κ2) is 12.4. The third-order valence-corrected chi connectivity index (χ3v) is 12.8. The minimum atomic E-state index is 0.919. The van der Waals surface area contributed by atoms with Gasteiger partial charge in [0, 0.05) is 16.2 Å². The van der Waals surface area contributed by atoms with Crippen molar-refractivity contribution in [1.29, 1.82) is 0 Å². The minimum absolute atomic E-state index is 0.919. The fourth-order valence-electron chi connectivity index (χ4n) is 10.2. The molecule has 272 valence electrons. The highest BCUT2D eigenvalue weighted by atomic mass is 16.3. The molecule has 13 aromatic rings. The molecule has 1 heterocycles. The number of hydrogen-bond acceptors (Lipinski definition) is 1. The smallest absolute Gasteiger partial charge is 0.143 e. The summed E-state index contributed by atoms with van der Waals surface area (Å²) in [4.78, 5) is 0. The van der Waals surface area contributed by atoms with Crippen molar-refractivity contribution in [1.82, 2.24) is 0 Å². The maximum Gasteiger partial charge on any atom is 0.143 e. The molecule has 0 fully saturated rings. The van der Waals surface area contributed by atoms with Gasteiger partial charge in [-0.2, -0.15) is 0 Å². The van der Waals surface area contributed by atoms with Gasteiger partial charge in [-0.1, -0.05) is 188 Å². The summed E-state index contributed by atoms with van der Waals surface area (Å²) in [6.45, 7) is 0. The number of fused-ring (bicyclic) bond motifs is 16. The Bertz CT molecular complexity index is 3810. The van der Waals surface area contributed by atoms with Crippen molar-refractivity contribution >= 4 is 97.3 Å². The van der Waals surface area contributed by atoms with Crippen LogP contribution >= 0.6 is 0 Å². The van der Waals surface area contributed by atoms with Crippen LogP contribution in [0.2, 0.25) is 0 Å². The van der Waals surface area contributed by atoms with Crippen molar-refractivity contribution < 1.29 is 4.42 Å². The molecule has 1 nitrogen and oxygen atoms in total. The minimum Gasteiger partial charge on any atom is -0.455 e. The van der Waals surface area contributed by atoms with E-state index in [4.69, 9.17) is 4.42 Å². The van der Waals surface area contributed by atoms with Gasteiger partial charge in [-0.15, -0.1) is 0 Å². The molecule has 0 bridgehead atoms. The lowest BCUT2D eigenvalue weighted by Gasteiger charge is -2.18. The molecule has 0 N–H and O–H groups in total. The third kappa shape index (κ3) is 4.67. The normalized spacial score (nSPS) is 12.1. The first-order valence-electron chi connectivity index (χ1n) is 20.4. The van der Waals surface area contributed by atoms with Gasteiger partial charge in [0.25, 0.3) is 0 Å². The first kappa shape index (κ1) is 32.4. The highest BCUT2D eigenvalue weighted by molar-refractivity contribution is 6.34. The molecule has 0 unspecified atom stereocenters. The van der Waals surface area contributed by atoms with E-state index < -0.39 is 0 Å². The first-order chi connectivity index (χ1) is 29.3. The zero-order valence-corrected chi connectivity index (χ0v) is 32.0. The average molecular weight is 747 g/mol. The van der Waals surface area contributed by atoms with Gasteiger partial charge in [-0.25, -0.2) is 0 Å². The Hall–Kier alpha value is -7.74. The highest BCUT2D eigenvalue weighted by Gasteiger charge is 2.20. The third-order valence-electron chi connectivity index (χ3n) is 12.8. The van der Waals surface area contributed by atoms with Crippen LogP contribution in [0.25, 0.3) is 131 Å². The van der Waals surface area contributed by atoms with Crippen LogP contribution < -0.4 is 0 Å². The summed E-state index contributed by atoms with van der Waals surface area (Å²) < 4.78 is 6.87. The second-order valence-corrected chi connectivity index (χ2v) is 15.9. The molecule has 0 saturated heterocycles. The zero-order valence-electron chi connectivity index (χ0n) is 32.0. The molecule has 0 radical (unpaired) electrons. The van der Waals surface area contributed by atoms with Gasteiger partial charge in [0.2, 0.25) is 0 Å². The van der Waals surface area contributed by atoms with E-state index in [1.54, 1.807) is 0 Å². The van der Waals surface area contributed by atoms with Crippen molar-refractivity contribution in [2.45, 2.75) is 0 Å². The van der Waals surface area contributed by atoms with E-state index in [0.717, 1.165) is 21.9 Å². The molecular weight excluding hydrogens is 713 g/mol. The number of hydrogen-bond donors (Lipinski definition) is 0. The number of benzene rings is 12. The maximum absolute atomic E-state index is 6.87. The largest absolute Gasteiger partial charge is 0.455 e. The fraction of sp³-hybridized carbons (Fsp3) is 0. The molecule has 0 aliphatic rings. The van der Waals surface area contributed by atoms with Gasteiger partial charge in [-0.3, -0.25) is 0 Å². The zero-order chi connectivity index (χ0) is 38.6.